The van der Waals surface area contributed by atoms with E-state index >= 15 is 0 Å². The van der Waals surface area contributed by atoms with Crippen LogP contribution in [-0.2, 0) is 0 Å². The van der Waals surface area contributed by atoms with E-state index < -0.39 is 0 Å². The summed E-state index contributed by atoms with van der Waals surface area (Å²) in [6.45, 7) is 0.702. The summed E-state index contributed by atoms with van der Waals surface area (Å²) in [6, 6.07) is 0. The number of hydrogen-bond acceptors (Lipinski definition) is 2. The summed E-state index contributed by atoms with van der Waals surface area (Å²) < 4.78 is 0. The maximum absolute atomic E-state index is 8.17. The molecule has 0 fully saturated rings. The smallest absolute Gasteiger partial charge is 0.0107 e. The Hall–Kier alpha value is 0.350. The minimum Gasteiger partial charge on any atom is -0.377 e. The normalized spacial score (nSPS) is 11.0. The highest BCUT2D eigenvalue weighted by atomic mass is 31.1. The number of nitrogens with two attached hydrogens (primary N) is 1. The minimum absolute atomic E-state index is 0.0846. The lowest BCUT2D eigenvalue weighted by molar-refractivity contribution is 0.642. The van der Waals surface area contributed by atoms with Gasteiger partial charge >= 0.3 is 0 Å². The molecule has 0 rings (SSSR count). The molecule has 2 nitrogen and oxygen atoms in total. The van der Waals surface area contributed by atoms with E-state index in [2.05, 4.69) is 0 Å². The molecule has 0 bridgehead atoms. The SMILES string of the molecule is NCCCPO. The van der Waals surface area contributed by atoms with Crippen molar-refractivity contribution in [2.45, 2.75) is 6.42 Å². The van der Waals surface area contributed by atoms with Crippen molar-refractivity contribution in [3.63, 3.8) is 0 Å². The number of rotatable bonds is 3. The van der Waals surface area contributed by atoms with E-state index in [9.17, 15) is 0 Å². The van der Waals surface area contributed by atoms with Crippen LogP contribution in [0.2, 0.25) is 0 Å². The molecule has 1 unspecified atom stereocenters. The van der Waals surface area contributed by atoms with Crippen molar-refractivity contribution in [3.05, 3.63) is 0 Å². The molecule has 0 heterocycles. The van der Waals surface area contributed by atoms with E-state index in [4.69, 9.17) is 10.6 Å². The standard InChI is InChI=1S/C3H10NOP/c4-2-1-3-6-5/h5-6H,1-4H2. The molecule has 1 atom stereocenters. The zero-order chi connectivity index (χ0) is 4.83. The van der Waals surface area contributed by atoms with Gasteiger partial charge in [0.05, 0.1) is 0 Å². The third kappa shape index (κ3) is 4.35. The molecule has 3 heteroatoms. The first-order valence-electron chi connectivity index (χ1n) is 1.99. The van der Waals surface area contributed by atoms with Crippen LogP contribution in [0.5, 0.6) is 0 Å². The van der Waals surface area contributed by atoms with Crippen LogP contribution in [0.3, 0.4) is 0 Å². The third-order valence-corrected chi connectivity index (χ3v) is 1.07. The Kier molecular flexibility index (Phi) is 5.66. The van der Waals surface area contributed by atoms with Crippen LogP contribution in [0, 0.1) is 0 Å². The van der Waals surface area contributed by atoms with Gasteiger partial charge in [0.25, 0.3) is 0 Å². The molecular weight excluding hydrogens is 97.0 g/mol. The Morgan fingerprint density at radius 2 is 2.33 bits per heavy atom. The van der Waals surface area contributed by atoms with Crippen molar-refractivity contribution >= 4 is 8.81 Å². The van der Waals surface area contributed by atoms with Gasteiger partial charge in [-0.25, -0.2) is 0 Å². The molecule has 0 aliphatic rings. The van der Waals surface area contributed by atoms with E-state index in [1.165, 1.54) is 0 Å². The highest BCUT2D eigenvalue weighted by Gasteiger charge is 1.76. The highest BCUT2D eigenvalue weighted by molar-refractivity contribution is 7.31. The molecule has 0 saturated carbocycles. The lowest BCUT2D eigenvalue weighted by Crippen LogP contribution is -1.98. The van der Waals surface area contributed by atoms with Gasteiger partial charge in [0, 0.05) is 8.81 Å². The Balaban J connectivity index is 2.34. The zero-order valence-electron chi connectivity index (χ0n) is 3.65. The first kappa shape index (κ1) is 6.35. The largest absolute Gasteiger partial charge is 0.377 e. The molecule has 0 amide bonds. The van der Waals surface area contributed by atoms with Crippen molar-refractivity contribution in [1.29, 1.82) is 0 Å². The fraction of sp³-hybridized carbons (Fsp3) is 1.00. The summed E-state index contributed by atoms with van der Waals surface area (Å²) in [7, 11) is 0.0846. The molecule has 0 saturated heterocycles. The third-order valence-electron chi connectivity index (χ3n) is 0.493. The van der Waals surface area contributed by atoms with E-state index in [-0.39, 0.29) is 8.81 Å². The molecule has 0 aromatic heterocycles. The van der Waals surface area contributed by atoms with Crippen molar-refractivity contribution in [2.24, 2.45) is 5.73 Å². The summed E-state index contributed by atoms with van der Waals surface area (Å²) in [5.41, 5.74) is 5.11. The summed E-state index contributed by atoms with van der Waals surface area (Å²) in [4.78, 5) is 8.17. The van der Waals surface area contributed by atoms with Gasteiger partial charge in [0.2, 0.25) is 0 Å². The summed E-state index contributed by atoms with van der Waals surface area (Å²) in [6.07, 6.45) is 1.82. The monoisotopic (exact) mass is 107 g/mol. The average Bonchev–Trinajstić information content (AvgIpc) is 1.61. The molecule has 0 aromatic carbocycles. The zero-order valence-corrected chi connectivity index (χ0v) is 4.65. The summed E-state index contributed by atoms with van der Waals surface area (Å²) >= 11 is 0. The Morgan fingerprint density at radius 3 is 2.50 bits per heavy atom. The Morgan fingerprint density at radius 1 is 1.67 bits per heavy atom. The van der Waals surface area contributed by atoms with Crippen molar-refractivity contribution < 1.29 is 4.89 Å². The molecule has 6 heavy (non-hydrogen) atoms. The quantitative estimate of drug-likeness (QED) is 0.391. The molecule has 0 aliphatic carbocycles. The van der Waals surface area contributed by atoms with Gasteiger partial charge in [-0.2, -0.15) is 0 Å². The predicted octanol–water partition coefficient (Wildman–Crippen LogP) is -0.0790. The molecular formula is C3H10NOP. The van der Waals surface area contributed by atoms with Crippen LogP contribution in [0.1, 0.15) is 6.42 Å². The Bertz CT molecular complexity index is 22.8. The number of hydrogen-bond donors (Lipinski definition) is 2. The van der Waals surface area contributed by atoms with Gasteiger partial charge < -0.3 is 10.6 Å². The first-order chi connectivity index (χ1) is 2.91. The second-order valence-corrected chi connectivity index (χ2v) is 1.87. The summed E-state index contributed by atoms with van der Waals surface area (Å²) in [5, 5.41) is 0. The van der Waals surface area contributed by atoms with Gasteiger partial charge in [-0.3, -0.25) is 0 Å². The van der Waals surface area contributed by atoms with Gasteiger partial charge in [-0.15, -0.1) is 0 Å². The maximum atomic E-state index is 8.17. The second kappa shape index (κ2) is 5.35. The molecule has 0 aliphatic heterocycles. The highest BCUT2D eigenvalue weighted by Crippen LogP contribution is 2.00. The van der Waals surface area contributed by atoms with E-state index in [0.29, 0.717) is 6.54 Å². The van der Waals surface area contributed by atoms with E-state index in [0.717, 1.165) is 12.6 Å². The van der Waals surface area contributed by atoms with Crippen LogP contribution in [0.25, 0.3) is 0 Å². The first-order valence-corrected chi connectivity index (χ1v) is 3.14. The van der Waals surface area contributed by atoms with Crippen LogP contribution in [0.4, 0.5) is 0 Å². The van der Waals surface area contributed by atoms with Crippen molar-refractivity contribution in [2.75, 3.05) is 12.7 Å². The topological polar surface area (TPSA) is 46.2 Å². The average molecular weight is 107 g/mol. The van der Waals surface area contributed by atoms with Crippen molar-refractivity contribution in [1.82, 2.24) is 0 Å². The molecule has 0 radical (unpaired) electrons. The van der Waals surface area contributed by atoms with E-state index in [1.807, 2.05) is 0 Å². The molecule has 3 N–H and O–H groups in total. The minimum atomic E-state index is 0.0846. The fourth-order valence-electron chi connectivity index (χ4n) is 0.181. The molecule has 0 aromatic rings. The molecule has 0 spiro atoms. The van der Waals surface area contributed by atoms with Crippen LogP contribution in [0.15, 0.2) is 0 Å². The van der Waals surface area contributed by atoms with Gasteiger partial charge in [-0.05, 0) is 19.1 Å². The lowest BCUT2D eigenvalue weighted by atomic mass is 10.5. The maximum Gasteiger partial charge on any atom is 0.0107 e. The van der Waals surface area contributed by atoms with Crippen LogP contribution >= 0.6 is 8.81 Å². The van der Waals surface area contributed by atoms with E-state index in [1.54, 1.807) is 0 Å². The van der Waals surface area contributed by atoms with Gasteiger partial charge in [0.15, 0.2) is 0 Å². The van der Waals surface area contributed by atoms with Crippen molar-refractivity contribution in [3.8, 4) is 0 Å². The lowest BCUT2D eigenvalue weighted by Gasteiger charge is -1.86. The van der Waals surface area contributed by atoms with Crippen LogP contribution in [-0.4, -0.2) is 17.6 Å². The Labute approximate surface area is 39.6 Å². The fourth-order valence-corrected chi connectivity index (χ4v) is 0.543. The second-order valence-electron chi connectivity index (χ2n) is 1.05. The van der Waals surface area contributed by atoms with Crippen LogP contribution < -0.4 is 5.73 Å². The molecule has 38 valence electrons. The van der Waals surface area contributed by atoms with Gasteiger partial charge in [-0.1, -0.05) is 0 Å². The predicted molar refractivity (Wildman–Crippen MR) is 29.1 cm³/mol. The van der Waals surface area contributed by atoms with Gasteiger partial charge in [0.1, 0.15) is 0 Å². The summed E-state index contributed by atoms with van der Waals surface area (Å²) in [5.74, 6) is 0.